The van der Waals surface area contributed by atoms with Gasteiger partial charge in [0.2, 0.25) is 0 Å². The third-order valence-electron chi connectivity index (χ3n) is 6.76. The van der Waals surface area contributed by atoms with E-state index >= 15 is 0 Å². The molecule has 3 nitrogen and oxygen atoms in total. The molecule has 1 aliphatic carbocycles. The van der Waals surface area contributed by atoms with Crippen molar-refractivity contribution in [3.8, 4) is 5.75 Å². The Morgan fingerprint density at radius 3 is 2.52 bits per heavy atom. The number of aryl methyl sites for hydroxylation is 2. The molecule has 0 bridgehead atoms. The largest absolute Gasteiger partial charge is 0.489 e. The minimum absolute atomic E-state index is 0.0419. The molecule has 0 spiro atoms. The van der Waals surface area contributed by atoms with E-state index in [1.165, 1.54) is 11.6 Å². The van der Waals surface area contributed by atoms with E-state index in [0.717, 1.165) is 35.6 Å². The van der Waals surface area contributed by atoms with E-state index in [4.69, 9.17) is 9.47 Å². The Morgan fingerprint density at radius 1 is 1.13 bits per heavy atom. The van der Waals surface area contributed by atoms with Crippen molar-refractivity contribution in [2.45, 2.75) is 65.8 Å². The summed E-state index contributed by atoms with van der Waals surface area (Å²) in [5, 5.41) is 0. The van der Waals surface area contributed by atoms with Crippen LogP contribution in [0.25, 0.3) is 0 Å². The summed E-state index contributed by atoms with van der Waals surface area (Å²) in [5.41, 5.74) is 4.63. The quantitative estimate of drug-likeness (QED) is 0.535. The Balaban J connectivity index is 1.65. The molecule has 2 aromatic rings. The molecule has 1 aliphatic heterocycles. The van der Waals surface area contributed by atoms with Crippen molar-refractivity contribution in [2.75, 3.05) is 0 Å². The lowest BCUT2D eigenvalue weighted by Crippen LogP contribution is -2.22. The van der Waals surface area contributed by atoms with Gasteiger partial charge in [-0.25, -0.2) is 0 Å². The second kappa shape index (κ2) is 7.88. The molecule has 4 rings (SSSR count). The fraction of sp³-hybridized carbons (Fsp3) is 0.480. The molecule has 1 fully saturated rings. The SMILES string of the molecule is CCc1cc(COc2cc(C)c3c(c2C)C2OC(=O)C(C)[C@@H]2CC3)cc(C(F)(F)F)c1. The Kier molecular flexibility index (Phi) is 5.52. The zero-order valence-corrected chi connectivity index (χ0v) is 18.2. The van der Waals surface area contributed by atoms with E-state index in [0.29, 0.717) is 23.3 Å². The molecule has 3 atom stereocenters. The highest BCUT2D eigenvalue weighted by atomic mass is 19.4. The third kappa shape index (κ3) is 3.92. The molecular weight excluding hydrogens is 405 g/mol. The van der Waals surface area contributed by atoms with Crippen LogP contribution in [0.2, 0.25) is 0 Å². The maximum Gasteiger partial charge on any atom is 0.416 e. The number of fused-ring (bicyclic) bond motifs is 3. The standard InChI is InChI=1S/C25H27F3O3/c1-5-16-9-17(11-18(10-16)25(26,27)28)12-30-21-8-13(2)19-6-7-20-14(3)24(29)31-23(20)22(19)15(21)4/h8-11,14,20,23H,5-7,12H2,1-4H3/t14?,20-,23?/m0/s1. The van der Waals surface area contributed by atoms with Gasteiger partial charge in [0.15, 0.2) is 0 Å². The van der Waals surface area contributed by atoms with Crippen LogP contribution in [0.5, 0.6) is 5.75 Å². The molecule has 0 saturated carbocycles. The van der Waals surface area contributed by atoms with Gasteiger partial charge in [0.25, 0.3) is 0 Å². The lowest BCUT2D eigenvalue weighted by molar-refractivity contribution is -0.144. The lowest BCUT2D eigenvalue weighted by atomic mass is 9.74. The third-order valence-corrected chi connectivity index (χ3v) is 6.76. The number of rotatable bonds is 4. The fourth-order valence-corrected chi connectivity index (χ4v) is 4.95. The molecule has 0 amide bonds. The van der Waals surface area contributed by atoms with Crippen molar-refractivity contribution >= 4 is 5.97 Å². The first-order valence-corrected chi connectivity index (χ1v) is 10.8. The molecule has 2 aliphatic rings. The number of alkyl halides is 3. The first kappa shape index (κ1) is 21.7. The minimum Gasteiger partial charge on any atom is -0.489 e. The van der Waals surface area contributed by atoms with E-state index in [2.05, 4.69) is 0 Å². The van der Waals surface area contributed by atoms with E-state index in [9.17, 15) is 18.0 Å². The van der Waals surface area contributed by atoms with Gasteiger partial charge >= 0.3 is 12.1 Å². The Hall–Kier alpha value is -2.50. The number of esters is 1. The first-order valence-electron chi connectivity index (χ1n) is 10.8. The van der Waals surface area contributed by atoms with Crippen molar-refractivity contribution in [2.24, 2.45) is 11.8 Å². The Morgan fingerprint density at radius 2 is 1.84 bits per heavy atom. The molecule has 0 aromatic heterocycles. The molecule has 1 heterocycles. The molecule has 2 aromatic carbocycles. The number of hydrogen-bond acceptors (Lipinski definition) is 3. The number of carbonyl (C=O) groups excluding carboxylic acids is 1. The summed E-state index contributed by atoms with van der Waals surface area (Å²) in [7, 11) is 0. The zero-order valence-electron chi connectivity index (χ0n) is 18.2. The Labute approximate surface area is 180 Å². The summed E-state index contributed by atoms with van der Waals surface area (Å²) in [4.78, 5) is 12.2. The van der Waals surface area contributed by atoms with Gasteiger partial charge in [-0.05, 0) is 79.1 Å². The molecule has 0 radical (unpaired) electrons. The summed E-state index contributed by atoms with van der Waals surface area (Å²) in [6.07, 6.45) is -2.35. The summed E-state index contributed by atoms with van der Waals surface area (Å²) in [6, 6.07) is 6.04. The number of hydrogen-bond donors (Lipinski definition) is 0. The summed E-state index contributed by atoms with van der Waals surface area (Å²) in [6.45, 7) is 7.73. The summed E-state index contributed by atoms with van der Waals surface area (Å²) >= 11 is 0. The van der Waals surface area contributed by atoms with Crippen LogP contribution in [0, 0.1) is 25.7 Å². The smallest absolute Gasteiger partial charge is 0.416 e. The number of ether oxygens (including phenoxy) is 2. The predicted molar refractivity (Wildman–Crippen MR) is 111 cm³/mol. The number of halogens is 3. The van der Waals surface area contributed by atoms with Gasteiger partial charge in [-0.3, -0.25) is 4.79 Å². The molecule has 1 saturated heterocycles. The summed E-state index contributed by atoms with van der Waals surface area (Å²) < 4.78 is 51.5. The fourth-order valence-electron chi connectivity index (χ4n) is 4.95. The van der Waals surface area contributed by atoms with Gasteiger partial charge in [0, 0.05) is 11.5 Å². The van der Waals surface area contributed by atoms with Gasteiger partial charge in [0.1, 0.15) is 18.5 Å². The predicted octanol–water partition coefficient (Wildman–Crippen LogP) is 6.26. The second-order valence-corrected chi connectivity index (χ2v) is 8.74. The average Bonchev–Trinajstić information content (AvgIpc) is 3.02. The van der Waals surface area contributed by atoms with Gasteiger partial charge in [-0.1, -0.05) is 19.9 Å². The van der Waals surface area contributed by atoms with Crippen LogP contribution in [-0.2, 0) is 35.2 Å². The van der Waals surface area contributed by atoms with Gasteiger partial charge in [-0.2, -0.15) is 13.2 Å². The van der Waals surface area contributed by atoms with Crippen molar-refractivity contribution in [1.82, 2.24) is 0 Å². The van der Waals surface area contributed by atoms with Gasteiger partial charge in [-0.15, -0.1) is 0 Å². The van der Waals surface area contributed by atoms with Gasteiger partial charge < -0.3 is 9.47 Å². The number of benzene rings is 2. The van der Waals surface area contributed by atoms with Crippen LogP contribution in [-0.4, -0.2) is 5.97 Å². The van der Waals surface area contributed by atoms with Crippen LogP contribution < -0.4 is 4.74 Å². The normalized spacial score (nSPS) is 22.7. The van der Waals surface area contributed by atoms with Crippen LogP contribution in [0.3, 0.4) is 0 Å². The summed E-state index contributed by atoms with van der Waals surface area (Å²) in [5.74, 6) is 0.495. The van der Waals surface area contributed by atoms with Crippen LogP contribution in [0.1, 0.15) is 65.3 Å². The van der Waals surface area contributed by atoms with Crippen LogP contribution in [0.15, 0.2) is 24.3 Å². The molecule has 0 N–H and O–H groups in total. The van der Waals surface area contributed by atoms with E-state index in [1.54, 1.807) is 6.07 Å². The zero-order chi connectivity index (χ0) is 22.5. The van der Waals surface area contributed by atoms with Crippen molar-refractivity contribution in [3.63, 3.8) is 0 Å². The highest BCUT2D eigenvalue weighted by Crippen LogP contribution is 2.49. The highest BCUT2D eigenvalue weighted by molar-refractivity contribution is 5.76. The maximum absolute atomic E-state index is 13.3. The number of carbonyl (C=O) groups is 1. The molecule has 2 unspecified atom stereocenters. The highest BCUT2D eigenvalue weighted by Gasteiger charge is 2.46. The van der Waals surface area contributed by atoms with E-state index < -0.39 is 11.7 Å². The monoisotopic (exact) mass is 432 g/mol. The first-order chi connectivity index (χ1) is 14.6. The van der Waals surface area contributed by atoms with Crippen LogP contribution >= 0.6 is 0 Å². The molecular formula is C25H27F3O3. The topological polar surface area (TPSA) is 35.5 Å². The van der Waals surface area contributed by atoms with E-state index in [1.807, 2.05) is 33.8 Å². The van der Waals surface area contributed by atoms with Gasteiger partial charge in [0.05, 0.1) is 11.5 Å². The van der Waals surface area contributed by atoms with Crippen molar-refractivity contribution in [1.29, 1.82) is 0 Å². The van der Waals surface area contributed by atoms with Crippen LogP contribution in [0.4, 0.5) is 13.2 Å². The second-order valence-electron chi connectivity index (χ2n) is 8.74. The Bertz CT molecular complexity index is 1030. The minimum atomic E-state index is -4.39. The maximum atomic E-state index is 13.3. The van der Waals surface area contributed by atoms with Crippen molar-refractivity contribution in [3.05, 3.63) is 63.2 Å². The molecule has 166 valence electrons. The molecule has 31 heavy (non-hydrogen) atoms. The lowest BCUT2D eigenvalue weighted by Gasteiger charge is -2.31. The molecule has 6 heteroatoms. The van der Waals surface area contributed by atoms with E-state index in [-0.39, 0.29) is 30.5 Å². The average molecular weight is 432 g/mol. The van der Waals surface area contributed by atoms with Crippen molar-refractivity contribution < 1.29 is 27.4 Å².